The molecule has 7 nitrogen and oxygen atoms in total. The highest BCUT2D eigenvalue weighted by Crippen LogP contribution is 2.28. The molecule has 2 aromatic rings. The molecule has 0 bridgehead atoms. The van der Waals surface area contributed by atoms with E-state index in [2.05, 4.69) is 5.32 Å². The van der Waals surface area contributed by atoms with E-state index in [1.807, 2.05) is 25.1 Å². The van der Waals surface area contributed by atoms with E-state index >= 15 is 0 Å². The van der Waals surface area contributed by atoms with Crippen LogP contribution in [0.15, 0.2) is 48.5 Å². The SMILES string of the molecule is COc1cccc(N2C[C@@H](C(=O)OCC(=O)Nc3cccc(C)c3)CC2=O)c1. The molecule has 2 amide bonds. The Labute approximate surface area is 163 Å². The maximum atomic E-state index is 12.3. The monoisotopic (exact) mass is 382 g/mol. The molecule has 3 rings (SSSR count). The quantitative estimate of drug-likeness (QED) is 0.776. The fourth-order valence-corrected chi connectivity index (χ4v) is 3.07. The van der Waals surface area contributed by atoms with Crippen LogP contribution in [0.4, 0.5) is 11.4 Å². The van der Waals surface area contributed by atoms with Crippen LogP contribution in [0.2, 0.25) is 0 Å². The van der Waals surface area contributed by atoms with E-state index in [0.717, 1.165) is 5.56 Å². The number of nitrogens with zero attached hydrogens (tertiary/aromatic N) is 1. The lowest BCUT2D eigenvalue weighted by Gasteiger charge is -2.17. The summed E-state index contributed by atoms with van der Waals surface area (Å²) in [6.07, 6.45) is 0.0511. The number of nitrogens with one attached hydrogen (secondary N) is 1. The number of aryl methyl sites for hydroxylation is 1. The number of anilines is 2. The molecule has 1 atom stereocenters. The van der Waals surface area contributed by atoms with Gasteiger partial charge in [0.15, 0.2) is 6.61 Å². The molecular weight excluding hydrogens is 360 g/mol. The van der Waals surface area contributed by atoms with Crippen molar-refractivity contribution in [1.82, 2.24) is 0 Å². The molecule has 1 aliphatic heterocycles. The third kappa shape index (κ3) is 4.68. The second-order valence-corrected chi connectivity index (χ2v) is 6.63. The molecule has 7 heteroatoms. The summed E-state index contributed by atoms with van der Waals surface area (Å²) in [5.41, 5.74) is 2.31. The van der Waals surface area contributed by atoms with Crippen LogP contribution in [-0.2, 0) is 19.1 Å². The summed E-state index contributed by atoms with van der Waals surface area (Å²) in [4.78, 5) is 38.1. The zero-order valence-corrected chi connectivity index (χ0v) is 15.8. The van der Waals surface area contributed by atoms with Gasteiger partial charge < -0.3 is 19.7 Å². The van der Waals surface area contributed by atoms with Crippen molar-refractivity contribution in [1.29, 1.82) is 0 Å². The van der Waals surface area contributed by atoms with Gasteiger partial charge in [-0.1, -0.05) is 18.2 Å². The highest BCUT2D eigenvalue weighted by molar-refractivity contribution is 6.00. The van der Waals surface area contributed by atoms with Gasteiger partial charge in [0, 0.05) is 30.4 Å². The van der Waals surface area contributed by atoms with Crippen molar-refractivity contribution in [3.63, 3.8) is 0 Å². The van der Waals surface area contributed by atoms with Gasteiger partial charge >= 0.3 is 5.97 Å². The van der Waals surface area contributed by atoms with Crippen molar-refractivity contribution in [3.05, 3.63) is 54.1 Å². The molecule has 1 fully saturated rings. The number of esters is 1. The van der Waals surface area contributed by atoms with Gasteiger partial charge in [0.05, 0.1) is 13.0 Å². The van der Waals surface area contributed by atoms with E-state index in [9.17, 15) is 14.4 Å². The van der Waals surface area contributed by atoms with E-state index < -0.39 is 24.4 Å². The number of carbonyl (C=O) groups excluding carboxylic acids is 3. The summed E-state index contributed by atoms with van der Waals surface area (Å²) in [6, 6.07) is 14.4. The number of amides is 2. The zero-order chi connectivity index (χ0) is 20.1. The molecule has 1 heterocycles. The maximum Gasteiger partial charge on any atom is 0.311 e. The number of hydrogen-bond acceptors (Lipinski definition) is 5. The molecular formula is C21H22N2O5. The standard InChI is InChI=1S/C21H22N2O5/c1-14-5-3-6-16(9-14)22-19(24)13-28-21(26)15-10-20(25)23(12-15)17-7-4-8-18(11-17)27-2/h3-9,11,15H,10,12-13H2,1-2H3,(H,22,24)/t15-/m0/s1. The van der Waals surface area contributed by atoms with Crippen LogP contribution in [0, 0.1) is 12.8 Å². The average Bonchev–Trinajstić information content (AvgIpc) is 3.08. The molecule has 0 aromatic heterocycles. The first kappa shape index (κ1) is 19.4. The minimum atomic E-state index is -0.606. The van der Waals surface area contributed by atoms with Crippen molar-refractivity contribution in [2.24, 2.45) is 5.92 Å². The zero-order valence-electron chi connectivity index (χ0n) is 15.8. The molecule has 0 radical (unpaired) electrons. The summed E-state index contributed by atoms with van der Waals surface area (Å²) in [6.45, 7) is 1.74. The van der Waals surface area contributed by atoms with Gasteiger partial charge in [-0.2, -0.15) is 0 Å². The van der Waals surface area contributed by atoms with Crippen LogP contribution in [-0.4, -0.2) is 38.0 Å². The summed E-state index contributed by atoms with van der Waals surface area (Å²) >= 11 is 0. The molecule has 0 aliphatic carbocycles. The van der Waals surface area contributed by atoms with Crippen LogP contribution < -0.4 is 15.0 Å². The Morgan fingerprint density at radius 2 is 1.96 bits per heavy atom. The van der Waals surface area contributed by atoms with Crippen molar-refractivity contribution >= 4 is 29.2 Å². The van der Waals surface area contributed by atoms with Crippen LogP contribution in [0.3, 0.4) is 0 Å². The summed E-state index contributed by atoms with van der Waals surface area (Å²) in [5, 5.41) is 2.68. The highest BCUT2D eigenvalue weighted by atomic mass is 16.5. The van der Waals surface area contributed by atoms with Gasteiger partial charge in [0.2, 0.25) is 5.91 Å². The van der Waals surface area contributed by atoms with Crippen molar-refractivity contribution in [2.75, 3.05) is 30.5 Å². The molecule has 1 N–H and O–H groups in total. The van der Waals surface area contributed by atoms with Gasteiger partial charge in [-0.05, 0) is 36.8 Å². The summed E-state index contributed by atoms with van der Waals surface area (Å²) in [5.74, 6) is -1.12. The Kier molecular flexibility index (Phi) is 5.93. The topological polar surface area (TPSA) is 84.9 Å². The predicted octanol–water partition coefficient (Wildman–Crippen LogP) is 2.54. The average molecular weight is 382 g/mol. The summed E-state index contributed by atoms with van der Waals surface area (Å²) in [7, 11) is 1.55. The molecule has 146 valence electrons. The Hall–Kier alpha value is -3.35. The number of methoxy groups -OCH3 is 1. The maximum absolute atomic E-state index is 12.3. The van der Waals surface area contributed by atoms with E-state index in [4.69, 9.17) is 9.47 Å². The van der Waals surface area contributed by atoms with Gasteiger partial charge in [0.1, 0.15) is 5.75 Å². The van der Waals surface area contributed by atoms with Gasteiger partial charge in [-0.3, -0.25) is 14.4 Å². The first-order chi connectivity index (χ1) is 13.5. The predicted molar refractivity (Wildman–Crippen MR) is 104 cm³/mol. The van der Waals surface area contributed by atoms with E-state index in [-0.39, 0.29) is 18.9 Å². The van der Waals surface area contributed by atoms with Gasteiger partial charge in [-0.25, -0.2) is 0 Å². The molecule has 1 aliphatic rings. The Morgan fingerprint density at radius 3 is 2.71 bits per heavy atom. The van der Waals surface area contributed by atoms with Gasteiger partial charge in [0.25, 0.3) is 5.91 Å². The number of benzene rings is 2. The minimum Gasteiger partial charge on any atom is -0.497 e. The Balaban J connectivity index is 1.53. The number of rotatable bonds is 6. The van der Waals surface area contributed by atoms with Crippen LogP contribution >= 0.6 is 0 Å². The van der Waals surface area contributed by atoms with Crippen molar-refractivity contribution in [3.8, 4) is 5.75 Å². The van der Waals surface area contributed by atoms with E-state index in [0.29, 0.717) is 17.1 Å². The Bertz CT molecular complexity index is 896. The second-order valence-electron chi connectivity index (χ2n) is 6.63. The molecule has 28 heavy (non-hydrogen) atoms. The number of carbonyl (C=O) groups is 3. The number of hydrogen-bond donors (Lipinski definition) is 1. The van der Waals surface area contributed by atoms with Crippen LogP contribution in [0.1, 0.15) is 12.0 Å². The molecule has 2 aromatic carbocycles. The van der Waals surface area contributed by atoms with E-state index in [1.54, 1.807) is 37.4 Å². The molecule has 0 spiro atoms. The minimum absolute atomic E-state index is 0.0511. The largest absolute Gasteiger partial charge is 0.497 e. The fraction of sp³-hybridized carbons (Fsp3) is 0.286. The third-order valence-corrected chi connectivity index (χ3v) is 4.47. The number of ether oxygens (including phenoxy) is 2. The fourth-order valence-electron chi connectivity index (χ4n) is 3.07. The lowest BCUT2D eigenvalue weighted by Crippen LogP contribution is -2.28. The highest BCUT2D eigenvalue weighted by Gasteiger charge is 2.36. The summed E-state index contributed by atoms with van der Waals surface area (Å²) < 4.78 is 10.3. The third-order valence-electron chi connectivity index (χ3n) is 4.47. The van der Waals surface area contributed by atoms with E-state index in [1.165, 1.54) is 4.90 Å². The lowest BCUT2D eigenvalue weighted by atomic mass is 10.1. The Morgan fingerprint density at radius 1 is 1.18 bits per heavy atom. The van der Waals surface area contributed by atoms with Crippen LogP contribution in [0.5, 0.6) is 5.75 Å². The van der Waals surface area contributed by atoms with Crippen molar-refractivity contribution < 1.29 is 23.9 Å². The molecule has 0 saturated carbocycles. The molecule has 0 unspecified atom stereocenters. The van der Waals surface area contributed by atoms with Gasteiger partial charge in [-0.15, -0.1) is 0 Å². The lowest BCUT2D eigenvalue weighted by molar-refractivity contribution is -0.151. The van der Waals surface area contributed by atoms with Crippen LogP contribution in [0.25, 0.3) is 0 Å². The smallest absolute Gasteiger partial charge is 0.311 e. The first-order valence-electron chi connectivity index (χ1n) is 8.94. The van der Waals surface area contributed by atoms with Crippen molar-refractivity contribution in [2.45, 2.75) is 13.3 Å². The molecule has 1 saturated heterocycles. The second kappa shape index (κ2) is 8.56. The first-order valence-corrected chi connectivity index (χ1v) is 8.94. The normalized spacial score (nSPS) is 16.0.